The molecular formula is C21H23N3O5S. The lowest BCUT2D eigenvalue weighted by Crippen LogP contribution is -2.37. The number of nitrogens with one attached hydrogen (secondary N) is 1. The zero-order valence-electron chi connectivity index (χ0n) is 16.8. The third-order valence-electron chi connectivity index (χ3n) is 4.27. The fourth-order valence-electron chi connectivity index (χ4n) is 2.79. The molecule has 0 radical (unpaired) electrons. The molecule has 0 saturated heterocycles. The molecule has 2 heterocycles. The van der Waals surface area contributed by atoms with Crippen LogP contribution >= 0.6 is 11.8 Å². The average molecular weight is 429 g/mol. The van der Waals surface area contributed by atoms with E-state index in [0.29, 0.717) is 22.9 Å². The fraction of sp³-hybridized carbons (Fsp3) is 0.429. The Bertz CT molecular complexity index is 984. The molecule has 158 valence electrons. The molecule has 1 aliphatic heterocycles. The summed E-state index contributed by atoms with van der Waals surface area (Å²) in [6.07, 6.45) is 11.9. The Labute approximate surface area is 179 Å². The Balaban J connectivity index is 2.29. The predicted molar refractivity (Wildman–Crippen MR) is 116 cm³/mol. The summed E-state index contributed by atoms with van der Waals surface area (Å²) in [6.45, 7) is 3.52. The van der Waals surface area contributed by atoms with Crippen LogP contribution in [-0.4, -0.2) is 40.3 Å². The minimum absolute atomic E-state index is 0.0339. The largest absolute Gasteiger partial charge is 0.480 e. The molecule has 0 aromatic carbocycles. The highest BCUT2D eigenvalue weighted by molar-refractivity contribution is 8.16. The van der Waals surface area contributed by atoms with Crippen LogP contribution in [0, 0.1) is 24.7 Å². The van der Waals surface area contributed by atoms with E-state index >= 15 is 0 Å². The molecule has 2 N–H and O–H groups in total. The fourth-order valence-corrected chi connectivity index (χ4v) is 3.78. The maximum atomic E-state index is 12.7. The highest BCUT2D eigenvalue weighted by atomic mass is 32.2. The quantitative estimate of drug-likeness (QED) is 0.269. The van der Waals surface area contributed by atoms with Crippen molar-refractivity contribution in [3.05, 3.63) is 27.8 Å². The topological polar surface area (TPSA) is 113 Å². The third-order valence-corrected chi connectivity index (χ3v) is 5.42. The lowest BCUT2D eigenvalue weighted by Gasteiger charge is -2.19. The second-order valence-corrected chi connectivity index (χ2v) is 7.46. The van der Waals surface area contributed by atoms with Gasteiger partial charge in [0.15, 0.2) is 0 Å². The number of nitrogens with zero attached hydrogens (tertiary/aromatic N) is 2. The summed E-state index contributed by atoms with van der Waals surface area (Å²) in [5, 5.41) is 15.4. The van der Waals surface area contributed by atoms with E-state index in [2.05, 4.69) is 27.3 Å². The first kappa shape index (κ1) is 23.1. The Kier molecular flexibility index (Phi) is 8.57. The van der Waals surface area contributed by atoms with Gasteiger partial charge in [0.2, 0.25) is 5.91 Å². The summed E-state index contributed by atoms with van der Waals surface area (Å²) in [5.74, 6) is 5.36. The lowest BCUT2D eigenvalue weighted by molar-refractivity contribution is -0.122. The zero-order valence-corrected chi connectivity index (χ0v) is 17.6. The Hall–Kier alpha value is -3.17. The predicted octanol–water partition coefficient (Wildman–Crippen LogP) is 2.15. The lowest BCUT2D eigenvalue weighted by atomic mass is 10.1. The Morgan fingerprint density at radius 3 is 2.93 bits per heavy atom. The second-order valence-electron chi connectivity index (χ2n) is 6.45. The van der Waals surface area contributed by atoms with Crippen LogP contribution in [-0.2, 0) is 11.2 Å². The maximum absolute atomic E-state index is 12.7. The van der Waals surface area contributed by atoms with E-state index in [-0.39, 0.29) is 36.0 Å². The number of aliphatic imine (C=N–C) groups is 1. The molecule has 8 nitrogen and oxygen atoms in total. The van der Waals surface area contributed by atoms with Crippen molar-refractivity contribution in [2.75, 3.05) is 12.4 Å². The first-order chi connectivity index (χ1) is 14.4. The van der Waals surface area contributed by atoms with Gasteiger partial charge < -0.3 is 19.7 Å². The van der Waals surface area contributed by atoms with Crippen molar-refractivity contribution in [1.29, 1.82) is 0 Å². The van der Waals surface area contributed by atoms with Gasteiger partial charge in [-0.25, -0.2) is 4.79 Å². The summed E-state index contributed by atoms with van der Waals surface area (Å²) in [6, 6.07) is 0.359. The number of carbonyl (C=O) groups excluding carboxylic acids is 1. The van der Waals surface area contributed by atoms with Crippen LogP contribution < -0.4 is 15.7 Å². The van der Waals surface area contributed by atoms with Gasteiger partial charge in [0.05, 0.1) is 11.6 Å². The molecule has 1 aromatic heterocycles. The normalized spacial score (nSPS) is 16.9. The SMILES string of the molecule is C#CCOc1cc(C(CCC)NC(=O)C2CSC(/C(C)=N/O)=N2)oc(=O)c1CC#C. The van der Waals surface area contributed by atoms with Crippen LogP contribution in [0.15, 0.2) is 25.4 Å². The smallest absolute Gasteiger partial charge is 0.343 e. The van der Waals surface area contributed by atoms with Gasteiger partial charge in [-0.3, -0.25) is 9.79 Å². The van der Waals surface area contributed by atoms with Crippen LogP contribution in [0.4, 0.5) is 0 Å². The first-order valence-corrected chi connectivity index (χ1v) is 10.3. The number of hydrogen-bond acceptors (Lipinski definition) is 8. The molecule has 1 amide bonds. The van der Waals surface area contributed by atoms with E-state index in [1.165, 1.54) is 11.8 Å². The van der Waals surface area contributed by atoms with Crippen LogP contribution in [0.5, 0.6) is 5.75 Å². The average Bonchev–Trinajstić information content (AvgIpc) is 3.23. The highest BCUT2D eigenvalue weighted by Crippen LogP contribution is 2.26. The molecule has 2 rings (SSSR count). The molecule has 2 atom stereocenters. The Morgan fingerprint density at radius 1 is 1.53 bits per heavy atom. The third kappa shape index (κ3) is 5.68. The van der Waals surface area contributed by atoms with Crippen LogP contribution in [0.25, 0.3) is 0 Å². The van der Waals surface area contributed by atoms with Crippen molar-refractivity contribution >= 4 is 28.4 Å². The van der Waals surface area contributed by atoms with Crippen LogP contribution in [0.1, 0.15) is 44.1 Å². The number of terminal acetylenes is 2. The van der Waals surface area contributed by atoms with Gasteiger partial charge in [-0.1, -0.05) is 24.4 Å². The summed E-state index contributed by atoms with van der Waals surface area (Å²) in [5.41, 5.74) is -0.0663. The number of hydrogen-bond donors (Lipinski definition) is 2. The van der Waals surface area contributed by atoms with Crippen LogP contribution in [0.3, 0.4) is 0 Å². The second kappa shape index (κ2) is 11.1. The van der Waals surface area contributed by atoms with Crippen molar-refractivity contribution in [2.24, 2.45) is 10.1 Å². The van der Waals surface area contributed by atoms with Gasteiger partial charge >= 0.3 is 5.63 Å². The molecule has 0 aliphatic carbocycles. The first-order valence-electron chi connectivity index (χ1n) is 9.31. The van der Waals surface area contributed by atoms with Gasteiger partial charge in [0, 0.05) is 18.2 Å². The zero-order chi connectivity index (χ0) is 22.1. The van der Waals surface area contributed by atoms with Gasteiger partial charge in [0.1, 0.15) is 34.9 Å². The van der Waals surface area contributed by atoms with E-state index in [9.17, 15) is 9.59 Å². The summed E-state index contributed by atoms with van der Waals surface area (Å²) >= 11 is 1.34. The molecule has 30 heavy (non-hydrogen) atoms. The standard InChI is InChI=1S/C21H23N3O5S/c1-5-8-14-17(28-10-7-3)11-18(29-21(14)26)15(9-6-2)22-19(25)16-12-30-20(23-16)13(4)24-27/h1,3,11,15-16,27H,6,8-10,12H2,2,4H3,(H,22,25)/b24-13+. The molecule has 1 aliphatic rings. The summed E-state index contributed by atoms with van der Waals surface area (Å²) in [7, 11) is 0. The van der Waals surface area contributed by atoms with Gasteiger partial charge in [-0.2, -0.15) is 0 Å². The highest BCUT2D eigenvalue weighted by Gasteiger charge is 2.29. The van der Waals surface area contributed by atoms with Gasteiger partial charge in [-0.15, -0.1) is 30.5 Å². The van der Waals surface area contributed by atoms with Crippen molar-refractivity contribution in [1.82, 2.24) is 5.32 Å². The van der Waals surface area contributed by atoms with Gasteiger partial charge in [-0.05, 0) is 13.3 Å². The van der Waals surface area contributed by atoms with E-state index in [1.807, 2.05) is 6.92 Å². The molecule has 0 fully saturated rings. The van der Waals surface area contributed by atoms with Crippen molar-refractivity contribution in [3.8, 4) is 30.4 Å². The van der Waals surface area contributed by atoms with Crippen molar-refractivity contribution in [3.63, 3.8) is 0 Å². The molecule has 9 heteroatoms. The minimum Gasteiger partial charge on any atom is -0.480 e. The monoisotopic (exact) mass is 429 g/mol. The number of ether oxygens (including phenoxy) is 1. The maximum Gasteiger partial charge on any atom is 0.343 e. The summed E-state index contributed by atoms with van der Waals surface area (Å²) in [4.78, 5) is 29.5. The van der Waals surface area contributed by atoms with Crippen LogP contribution in [0.2, 0.25) is 0 Å². The van der Waals surface area contributed by atoms with E-state index in [0.717, 1.165) is 6.42 Å². The number of rotatable bonds is 9. The van der Waals surface area contributed by atoms with E-state index in [4.69, 9.17) is 27.2 Å². The van der Waals surface area contributed by atoms with E-state index in [1.54, 1.807) is 13.0 Å². The number of amides is 1. The molecular weight excluding hydrogens is 406 g/mol. The van der Waals surface area contributed by atoms with Crippen molar-refractivity contribution < 1.29 is 19.2 Å². The molecule has 1 aromatic rings. The molecule has 0 bridgehead atoms. The number of oxime groups is 1. The van der Waals surface area contributed by atoms with E-state index < -0.39 is 17.7 Å². The number of thioether (sulfide) groups is 1. The minimum atomic E-state index is -0.634. The number of carbonyl (C=O) groups is 1. The molecule has 2 unspecified atom stereocenters. The molecule has 0 spiro atoms. The molecule has 0 saturated carbocycles. The summed E-state index contributed by atoms with van der Waals surface area (Å²) < 4.78 is 10.9. The van der Waals surface area contributed by atoms with Gasteiger partial charge in [0.25, 0.3) is 0 Å². The van der Waals surface area contributed by atoms with Crippen molar-refractivity contribution in [2.45, 2.75) is 45.2 Å². The Morgan fingerprint density at radius 2 is 2.30 bits per heavy atom.